The van der Waals surface area contributed by atoms with E-state index in [2.05, 4.69) is 22.8 Å². The number of amides is 1. The summed E-state index contributed by atoms with van der Waals surface area (Å²) in [6.45, 7) is 2.09. The zero-order valence-electron chi connectivity index (χ0n) is 12.5. The number of hydrogen-bond donors (Lipinski definition) is 2. The molecule has 22 heavy (non-hydrogen) atoms. The number of halogens is 1. The van der Waals surface area contributed by atoms with Gasteiger partial charge in [-0.15, -0.1) is 0 Å². The molecule has 0 aliphatic rings. The van der Waals surface area contributed by atoms with Crippen LogP contribution in [0.4, 0.5) is 0 Å². The molecule has 0 fully saturated rings. The Balaban J connectivity index is 1.55. The van der Waals surface area contributed by atoms with Gasteiger partial charge in [0.15, 0.2) is 0 Å². The van der Waals surface area contributed by atoms with Gasteiger partial charge in [-0.3, -0.25) is 4.79 Å². The lowest BCUT2D eigenvalue weighted by Crippen LogP contribution is -2.29. The van der Waals surface area contributed by atoms with E-state index in [1.54, 1.807) is 0 Å². The van der Waals surface area contributed by atoms with E-state index in [9.17, 15) is 4.79 Å². The Bertz CT molecular complexity index is 569. The van der Waals surface area contributed by atoms with Gasteiger partial charge in [0.1, 0.15) is 0 Å². The molecule has 0 aromatic heterocycles. The highest BCUT2D eigenvalue weighted by molar-refractivity contribution is 6.30. The summed E-state index contributed by atoms with van der Waals surface area (Å²) in [5.41, 5.74) is 2.40. The largest absolute Gasteiger partial charge is 0.356 e. The molecule has 2 aromatic rings. The van der Waals surface area contributed by atoms with Gasteiger partial charge in [0.25, 0.3) is 0 Å². The van der Waals surface area contributed by atoms with Crippen molar-refractivity contribution in [1.29, 1.82) is 0 Å². The van der Waals surface area contributed by atoms with Crippen molar-refractivity contribution in [2.24, 2.45) is 0 Å². The van der Waals surface area contributed by atoms with Crippen LogP contribution in [0.2, 0.25) is 5.02 Å². The van der Waals surface area contributed by atoms with Crippen molar-refractivity contribution in [3.05, 3.63) is 70.7 Å². The lowest BCUT2D eigenvalue weighted by atomic mass is 10.1. The fraction of sp³-hybridized carbons (Fsp3) is 0.278. The van der Waals surface area contributed by atoms with E-state index in [0.29, 0.717) is 19.5 Å². The second-order valence-corrected chi connectivity index (χ2v) is 5.58. The van der Waals surface area contributed by atoms with Crippen LogP contribution in [0.15, 0.2) is 54.6 Å². The van der Waals surface area contributed by atoms with Gasteiger partial charge in [-0.05, 0) is 29.7 Å². The normalized spacial score (nSPS) is 10.4. The number of benzene rings is 2. The van der Waals surface area contributed by atoms with Gasteiger partial charge in [-0.2, -0.15) is 0 Å². The van der Waals surface area contributed by atoms with Gasteiger partial charge >= 0.3 is 0 Å². The predicted molar refractivity (Wildman–Crippen MR) is 90.9 cm³/mol. The van der Waals surface area contributed by atoms with E-state index >= 15 is 0 Å². The van der Waals surface area contributed by atoms with Crippen LogP contribution < -0.4 is 10.6 Å². The molecule has 0 spiro atoms. The van der Waals surface area contributed by atoms with Crippen molar-refractivity contribution >= 4 is 17.5 Å². The molecule has 0 atom stereocenters. The van der Waals surface area contributed by atoms with Crippen molar-refractivity contribution in [3.8, 4) is 0 Å². The maximum atomic E-state index is 11.7. The number of rotatable bonds is 8. The monoisotopic (exact) mass is 316 g/mol. The summed E-state index contributed by atoms with van der Waals surface area (Å²) in [5, 5.41) is 6.93. The van der Waals surface area contributed by atoms with E-state index in [1.807, 2.05) is 42.5 Å². The Kier molecular flexibility index (Phi) is 6.94. The summed E-state index contributed by atoms with van der Waals surface area (Å²) in [4.78, 5) is 11.7. The van der Waals surface area contributed by atoms with Crippen LogP contribution in [0.5, 0.6) is 0 Å². The van der Waals surface area contributed by atoms with Gasteiger partial charge in [0.2, 0.25) is 5.91 Å². The summed E-state index contributed by atoms with van der Waals surface area (Å²) in [7, 11) is 0. The van der Waals surface area contributed by atoms with E-state index in [0.717, 1.165) is 23.6 Å². The highest BCUT2D eigenvalue weighted by atomic mass is 35.5. The summed E-state index contributed by atoms with van der Waals surface area (Å²) >= 11 is 5.83. The first-order valence-corrected chi connectivity index (χ1v) is 7.87. The Morgan fingerprint density at radius 3 is 2.36 bits per heavy atom. The van der Waals surface area contributed by atoms with E-state index in [4.69, 9.17) is 11.6 Å². The molecule has 0 aliphatic heterocycles. The van der Waals surface area contributed by atoms with Crippen LogP contribution in [0.25, 0.3) is 0 Å². The maximum Gasteiger partial charge on any atom is 0.221 e. The maximum absolute atomic E-state index is 11.7. The van der Waals surface area contributed by atoms with Crippen molar-refractivity contribution in [1.82, 2.24) is 10.6 Å². The second-order valence-electron chi connectivity index (χ2n) is 5.14. The van der Waals surface area contributed by atoms with Crippen molar-refractivity contribution in [3.63, 3.8) is 0 Å². The topological polar surface area (TPSA) is 41.1 Å². The second kappa shape index (κ2) is 9.23. The third-order valence-corrected chi connectivity index (χ3v) is 3.60. The molecule has 2 rings (SSSR count). The third kappa shape index (κ3) is 6.29. The predicted octanol–water partition coefficient (Wildman–Crippen LogP) is 3.18. The van der Waals surface area contributed by atoms with Crippen molar-refractivity contribution in [2.75, 3.05) is 13.1 Å². The third-order valence-electron chi connectivity index (χ3n) is 3.35. The molecule has 3 nitrogen and oxygen atoms in total. The zero-order valence-corrected chi connectivity index (χ0v) is 13.3. The molecule has 0 radical (unpaired) electrons. The Hall–Kier alpha value is -1.84. The van der Waals surface area contributed by atoms with Crippen LogP contribution in [0.1, 0.15) is 17.5 Å². The number of nitrogens with one attached hydrogen (secondary N) is 2. The Labute approximate surface area is 136 Å². The standard InChI is InChI=1S/C18H21ClN2O/c19-17-8-6-16(7-9-17)14-20-12-11-18(22)21-13-10-15-4-2-1-3-5-15/h1-9,20H,10-14H2,(H,21,22). The lowest BCUT2D eigenvalue weighted by molar-refractivity contribution is -0.120. The first kappa shape index (κ1) is 16.5. The van der Waals surface area contributed by atoms with Gasteiger partial charge in [-0.1, -0.05) is 54.1 Å². The molecule has 2 N–H and O–H groups in total. The molecule has 0 heterocycles. The quantitative estimate of drug-likeness (QED) is 0.734. The summed E-state index contributed by atoms with van der Waals surface area (Å²) < 4.78 is 0. The molecular formula is C18H21ClN2O. The molecule has 0 bridgehead atoms. The molecule has 0 aliphatic carbocycles. The molecule has 0 saturated carbocycles. The minimum atomic E-state index is 0.0829. The van der Waals surface area contributed by atoms with Crippen LogP contribution in [0, 0.1) is 0 Å². The van der Waals surface area contributed by atoms with Crippen LogP contribution in [0.3, 0.4) is 0 Å². The van der Waals surface area contributed by atoms with E-state index < -0.39 is 0 Å². The first-order valence-electron chi connectivity index (χ1n) is 7.50. The van der Waals surface area contributed by atoms with E-state index in [-0.39, 0.29) is 5.91 Å². The zero-order chi connectivity index (χ0) is 15.6. The molecular weight excluding hydrogens is 296 g/mol. The fourth-order valence-electron chi connectivity index (χ4n) is 2.12. The van der Waals surface area contributed by atoms with Crippen LogP contribution >= 0.6 is 11.6 Å². The Morgan fingerprint density at radius 2 is 1.64 bits per heavy atom. The number of hydrogen-bond acceptors (Lipinski definition) is 2. The molecule has 2 aromatic carbocycles. The Morgan fingerprint density at radius 1 is 0.909 bits per heavy atom. The minimum Gasteiger partial charge on any atom is -0.356 e. The van der Waals surface area contributed by atoms with Crippen molar-refractivity contribution in [2.45, 2.75) is 19.4 Å². The average molecular weight is 317 g/mol. The molecule has 0 saturated heterocycles. The van der Waals surface area contributed by atoms with E-state index in [1.165, 1.54) is 5.56 Å². The van der Waals surface area contributed by atoms with Gasteiger partial charge in [0.05, 0.1) is 0 Å². The fourth-order valence-corrected chi connectivity index (χ4v) is 2.24. The summed E-state index contributed by atoms with van der Waals surface area (Å²) in [5.74, 6) is 0.0829. The SMILES string of the molecule is O=C(CCNCc1ccc(Cl)cc1)NCCc1ccccc1. The number of carbonyl (C=O) groups excluding carboxylic acids is 1. The van der Waals surface area contributed by atoms with Gasteiger partial charge < -0.3 is 10.6 Å². The van der Waals surface area contributed by atoms with Crippen molar-refractivity contribution < 1.29 is 4.79 Å². The minimum absolute atomic E-state index is 0.0829. The molecule has 1 amide bonds. The highest BCUT2D eigenvalue weighted by Gasteiger charge is 2.01. The molecule has 116 valence electrons. The van der Waals surface area contributed by atoms with Gasteiger partial charge in [-0.25, -0.2) is 0 Å². The lowest BCUT2D eigenvalue weighted by Gasteiger charge is -2.07. The van der Waals surface area contributed by atoms with Crippen LogP contribution in [-0.4, -0.2) is 19.0 Å². The smallest absolute Gasteiger partial charge is 0.221 e. The first-order chi connectivity index (χ1) is 10.7. The summed E-state index contributed by atoms with van der Waals surface area (Å²) in [6, 6.07) is 17.9. The highest BCUT2D eigenvalue weighted by Crippen LogP contribution is 2.08. The molecule has 0 unspecified atom stereocenters. The average Bonchev–Trinajstić information content (AvgIpc) is 2.54. The molecule has 4 heteroatoms. The van der Waals surface area contributed by atoms with Gasteiger partial charge in [0, 0.05) is 31.1 Å². The number of carbonyl (C=O) groups is 1. The van der Waals surface area contributed by atoms with Crippen LogP contribution in [-0.2, 0) is 17.8 Å². The summed E-state index contributed by atoms with van der Waals surface area (Å²) in [6.07, 6.45) is 1.35.